The predicted octanol–water partition coefficient (Wildman–Crippen LogP) is 4.71. The molecule has 0 radical (unpaired) electrons. The zero-order valence-corrected chi connectivity index (χ0v) is 18.0. The summed E-state index contributed by atoms with van der Waals surface area (Å²) in [4.78, 5) is 24.4. The largest absolute Gasteiger partial charge is 0.492 e. The Bertz CT molecular complexity index is 1070. The van der Waals surface area contributed by atoms with Gasteiger partial charge in [0.25, 0.3) is 0 Å². The first-order valence-electron chi connectivity index (χ1n) is 9.54. The smallest absolute Gasteiger partial charge is 0.357 e. The SMILES string of the molecule is CCC(C)OCCOC(=O)c1nc(-c2ccc(Cl)c(OC)c2F)nc2[nH]cc(C)c12. The molecular weight excluding hydrogens is 413 g/mol. The van der Waals surface area contributed by atoms with E-state index in [2.05, 4.69) is 15.0 Å². The highest BCUT2D eigenvalue weighted by Gasteiger charge is 2.23. The number of H-pyrrole nitrogens is 1. The van der Waals surface area contributed by atoms with Crippen LogP contribution in [0.15, 0.2) is 18.3 Å². The highest BCUT2D eigenvalue weighted by molar-refractivity contribution is 6.32. The third-order valence-electron chi connectivity index (χ3n) is 4.71. The minimum Gasteiger partial charge on any atom is -0.492 e. The molecule has 2 aromatic heterocycles. The van der Waals surface area contributed by atoms with Gasteiger partial charge < -0.3 is 19.2 Å². The molecule has 3 rings (SSSR count). The van der Waals surface area contributed by atoms with Gasteiger partial charge in [-0.25, -0.2) is 19.2 Å². The van der Waals surface area contributed by atoms with Crippen molar-refractivity contribution >= 4 is 28.6 Å². The molecule has 0 bridgehead atoms. The van der Waals surface area contributed by atoms with Crippen LogP contribution < -0.4 is 4.74 Å². The lowest BCUT2D eigenvalue weighted by atomic mass is 10.1. The Kier molecular flexibility index (Phi) is 6.89. The molecule has 1 N–H and O–H groups in total. The molecule has 3 aromatic rings. The van der Waals surface area contributed by atoms with Gasteiger partial charge in [0.2, 0.25) is 0 Å². The van der Waals surface area contributed by atoms with Crippen LogP contribution in [0.2, 0.25) is 5.02 Å². The van der Waals surface area contributed by atoms with Crippen molar-refractivity contribution < 1.29 is 23.4 Å². The predicted molar refractivity (Wildman–Crippen MR) is 112 cm³/mol. The van der Waals surface area contributed by atoms with E-state index in [1.807, 2.05) is 20.8 Å². The van der Waals surface area contributed by atoms with E-state index in [9.17, 15) is 9.18 Å². The molecule has 2 heterocycles. The molecule has 9 heteroatoms. The fourth-order valence-electron chi connectivity index (χ4n) is 2.92. The minimum atomic E-state index is -0.714. The number of aromatic nitrogens is 3. The molecule has 0 spiro atoms. The standard InChI is InChI=1S/C21H23ClFN3O4/c1-5-12(3)29-8-9-30-21(27)17-15-11(2)10-24-20(15)26-19(25-17)13-6-7-14(22)18(28-4)16(13)23/h6-7,10,12H,5,8-9H2,1-4H3,(H,24,25,26). The molecule has 1 atom stereocenters. The number of esters is 1. The summed E-state index contributed by atoms with van der Waals surface area (Å²) in [5.74, 6) is -1.46. The Morgan fingerprint density at radius 1 is 1.30 bits per heavy atom. The van der Waals surface area contributed by atoms with Crippen LogP contribution in [0.5, 0.6) is 5.75 Å². The van der Waals surface area contributed by atoms with Crippen LogP contribution in [-0.2, 0) is 9.47 Å². The first kappa shape index (κ1) is 22.0. The van der Waals surface area contributed by atoms with Crippen LogP contribution in [0, 0.1) is 12.7 Å². The van der Waals surface area contributed by atoms with Gasteiger partial charge in [0.15, 0.2) is 23.1 Å². The van der Waals surface area contributed by atoms with E-state index in [1.54, 1.807) is 6.20 Å². The molecule has 1 unspecified atom stereocenters. The maximum absolute atomic E-state index is 14.9. The topological polar surface area (TPSA) is 86.3 Å². The third-order valence-corrected chi connectivity index (χ3v) is 5.01. The quantitative estimate of drug-likeness (QED) is 0.407. The second-order valence-corrected chi connectivity index (χ2v) is 7.17. The molecular formula is C21H23ClFN3O4. The van der Waals surface area contributed by atoms with Crippen molar-refractivity contribution in [2.24, 2.45) is 0 Å². The van der Waals surface area contributed by atoms with Crippen molar-refractivity contribution in [1.29, 1.82) is 0 Å². The van der Waals surface area contributed by atoms with Gasteiger partial charge >= 0.3 is 5.97 Å². The number of benzene rings is 1. The summed E-state index contributed by atoms with van der Waals surface area (Å²) in [5, 5.41) is 0.643. The molecule has 7 nitrogen and oxygen atoms in total. The van der Waals surface area contributed by atoms with Gasteiger partial charge in [0.1, 0.15) is 12.3 Å². The second kappa shape index (κ2) is 9.40. The Labute approximate surface area is 178 Å². The number of nitrogens with zero attached hydrogens (tertiary/aromatic N) is 2. The number of fused-ring (bicyclic) bond motifs is 1. The third kappa shape index (κ3) is 4.39. The van der Waals surface area contributed by atoms with Crippen LogP contribution >= 0.6 is 11.6 Å². The second-order valence-electron chi connectivity index (χ2n) is 6.76. The zero-order chi connectivity index (χ0) is 21.8. The number of nitrogens with one attached hydrogen (secondary N) is 1. The molecule has 0 aliphatic carbocycles. The molecule has 30 heavy (non-hydrogen) atoms. The highest BCUT2D eigenvalue weighted by Crippen LogP contribution is 2.34. The molecule has 0 amide bonds. The average molecular weight is 436 g/mol. The molecule has 160 valence electrons. The number of carbonyl (C=O) groups excluding carboxylic acids is 1. The Morgan fingerprint density at radius 2 is 2.07 bits per heavy atom. The normalized spacial score (nSPS) is 12.2. The van der Waals surface area contributed by atoms with E-state index in [1.165, 1.54) is 19.2 Å². The summed E-state index contributed by atoms with van der Waals surface area (Å²) in [5.41, 5.74) is 1.27. The number of hydrogen-bond acceptors (Lipinski definition) is 6. The van der Waals surface area contributed by atoms with Crippen LogP contribution in [-0.4, -0.2) is 47.3 Å². The first-order chi connectivity index (χ1) is 14.4. The summed E-state index contributed by atoms with van der Waals surface area (Å²) >= 11 is 5.97. The van der Waals surface area contributed by atoms with Crippen LogP contribution in [0.3, 0.4) is 0 Å². The summed E-state index contributed by atoms with van der Waals surface area (Å²) in [7, 11) is 1.32. The molecule has 1 aromatic carbocycles. The van der Waals surface area contributed by atoms with Crippen molar-refractivity contribution in [2.75, 3.05) is 20.3 Å². The Balaban J connectivity index is 1.97. The molecule has 0 aliphatic rings. The maximum atomic E-state index is 14.9. The van der Waals surface area contributed by atoms with Crippen molar-refractivity contribution in [2.45, 2.75) is 33.3 Å². The number of halogens is 2. The minimum absolute atomic E-state index is 0.0135. The van der Waals surface area contributed by atoms with Crippen molar-refractivity contribution in [3.8, 4) is 17.1 Å². The van der Waals surface area contributed by atoms with E-state index in [4.69, 9.17) is 25.8 Å². The van der Waals surface area contributed by atoms with Gasteiger partial charge in [-0.2, -0.15) is 0 Å². The van der Waals surface area contributed by atoms with E-state index in [-0.39, 0.29) is 47.2 Å². The van der Waals surface area contributed by atoms with Crippen LogP contribution in [0.25, 0.3) is 22.4 Å². The fraction of sp³-hybridized carbons (Fsp3) is 0.381. The molecule has 0 saturated heterocycles. The Morgan fingerprint density at radius 3 is 2.77 bits per heavy atom. The highest BCUT2D eigenvalue weighted by atomic mass is 35.5. The summed E-state index contributed by atoms with van der Waals surface area (Å²) in [6, 6.07) is 2.92. The lowest BCUT2D eigenvalue weighted by Gasteiger charge is -2.12. The lowest BCUT2D eigenvalue weighted by molar-refractivity contribution is 0.0118. The van der Waals surface area contributed by atoms with Crippen molar-refractivity contribution in [3.63, 3.8) is 0 Å². The van der Waals surface area contributed by atoms with E-state index < -0.39 is 11.8 Å². The van der Waals surface area contributed by atoms with Gasteiger partial charge in [-0.15, -0.1) is 0 Å². The van der Waals surface area contributed by atoms with E-state index in [0.29, 0.717) is 11.0 Å². The molecule has 0 saturated carbocycles. The van der Waals surface area contributed by atoms with E-state index in [0.717, 1.165) is 12.0 Å². The number of aryl methyl sites for hydroxylation is 1. The van der Waals surface area contributed by atoms with E-state index >= 15 is 0 Å². The average Bonchev–Trinajstić information content (AvgIpc) is 3.11. The number of ether oxygens (including phenoxy) is 3. The van der Waals surface area contributed by atoms with Crippen LogP contribution in [0.4, 0.5) is 4.39 Å². The van der Waals surface area contributed by atoms with Gasteiger partial charge in [0, 0.05) is 6.20 Å². The maximum Gasteiger partial charge on any atom is 0.357 e. The number of hydrogen-bond donors (Lipinski definition) is 1. The first-order valence-corrected chi connectivity index (χ1v) is 9.91. The molecule has 0 fully saturated rings. The monoisotopic (exact) mass is 435 g/mol. The van der Waals surface area contributed by atoms with Gasteiger partial charge in [-0.1, -0.05) is 18.5 Å². The van der Waals surface area contributed by atoms with Gasteiger partial charge in [-0.05, 0) is 38.0 Å². The molecule has 0 aliphatic heterocycles. The summed E-state index contributed by atoms with van der Waals surface area (Å²) in [6.45, 7) is 6.12. The van der Waals surface area contributed by atoms with Crippen molar-refractivity contribution in [1.82, 2.24) is 15.0 Å². The summed E-state index contributed by atoms with van der Waals surface area (Å²) in [6.07, 6.45) is 2.64. The number of methoxy groups -OCH3 is 1. The van der Waals surface area contributed by atoms with Crippen molar-refractivity contribution in [3.05, 3.63) is 40.4 Å². The fourth-order valence-corrected chi connectivity index (χ4v) is 3.14. The lowest BCUT2D eigenvalue weighted by Crippen LogP contribution is -2.16. The van der Waals surface area contributed by atoms with Gasteiger partial charge in [0.05, 0.1) is 35.8 Å². The zero-order valence-electron chi connectivity index (χ0n) is 17.2. The van der Waals surface area contributed by atoms with Crippen LogP contribution in [0.1, 0.15) is 36.3 Å². The number of carbonyl (C=O) groups is 1. The number of aromatic amines is 1. The summed E-state index contributed by atoms with van der Waals surface area (Å²) < 4.78 is 30.8. The Hall–Kier alpha value is -2.71. The number of rotatable bonds is 8. The van der Waals surface area contributed by atoms with Gasteiger partial charge in [-0.3, -0.25) is 0 Å².